The minimum absolute atomic E-state index is 0.0470. The molecule has 1 N–H and O–H groups in total. The molecular formula is C40H55NO7. The van der Waals surface area contributed by atoms with Gasteiger partial charge < -0.3 is 33.7 Å². The van der Waals surface area contributed by atoms with Gasteiger partial charge in [0.2, 0.25) is 0 Å². The average Bonchev–Trinajstić information content (AvgIpc) is 3.44. The first-order valence-corrected chi connectivity index (χ1v) is 17.9. The molecule has 48 heavy (non-hydrogen) atoms. The van der Waals surface area contributed by atoms with E-state index in [0.717, 1.165) is 12.2 Å². The molecule has 0 radical (unpaired) electrons. The van der Waals surface area contributed by atoms with Gasteiger partial charge in [0.25, 0.3) is 0 Å². The van der Waals surface area contributed by atoms with Gasteiger partial charge in [-0.3, -0.25) is 0 Å². The lowest BCUT2D eigenvalue weighted by Gasteiger charge is -2.14. The number of hydrogen-bond acceptors (Lipinski definition) is 7. The fourth-order valence-corrected chi connectivity index (χ4v) is 5.89. The number of rotatable bonds is 26. The van der Waals surface area contributed by atoms with Gasteiger partial charge >= 0.3 is 6.09 Å². The van der Waals surface area contributed by atoms with Crippen molar-refractivity contribution in [3.05, 3.63) is 89.5 Å². The molecule has 262 valence electrons. The molecule has 8 heteroatoms. The SMILES string of the molecule is CCCCCCCCCc1ccc(OCCOCCOCCOCCOCCNC(=O)OCC2c3ccccc3-c3ccccc32)cc1. The Bertz CT molecular complexity index is 1250. The zero-order valence-electron chi connectivity index (χ0n) is 28.8. The van der Waals surface area contributed by atoms with Gasteiger partial charge in [-0.15, -0.1) is 0 Å². The summed E-state index contributed by atoms with van der Waals surface area (Å²) in [4.78, 5) is 12.2. The Hall–Kier alpha value is -3.43. The summed E-state index contributed by atoms with van der Waals surface area (Å²) in [6, 6.07) is 25.0. The molecule has 0 unspecified atom stereocenters. The van der Waals surface area contributed by atoms with Crippen molar-refractivity contribution in [2.24, 2.45) is 0 Å². The first-order valence-electron chi connectivity index (χ1n) is 17.9. The lowest BCUT2D eigenvalue weighted by Crippen LogP contribution is -2.29. The van der Waals surface area contributed by atoms with E-state index in [1.165, 1.54) is 72.8 Å². The second kappa shape index (κ2) is 23.0. The number of amides is 1. The van der Waals surface area contributed by atoms with E-state index in [1.807, 2.05) is 24.3 Å². The van der Waals surface area contributed by atoms with Crippen molar-refractivity contribution in [3.8, 4) is 16.9 Å². The van der Waals surface area contributed by atoms with Crippen LogP contribution < -0.4 is 10.1 Å². The smallest absolute Gasteiger partial charge is 0.407 e. The zero-order chi connectivity index (χ0) is 33.5. The van der Waals surface area contributed by atoms with Gasteiger partial charge in [0, 0.05) is 12.5 Å². The molecule has 1 aliphatic rings. The molecule has 0 spiro atoms. The number of fused-ring (bicyclic) bond motifs is 3. The van der Waals surface area contributed by atoms with Crippen molar-refractivity contribution in [3.63, 3.8) is 0 Å². The Morgan fingerprint density at radius 1 is 0.604 bits per heavy atom. The molecular weight excluding hydrogens is 606 g/mol. The van der Waals surface area contributed by atoms with E-state index >= 15 is 0 Å². The van der Waals surface area contributed by atoms with Gasteiger partial charge in [0.05, 0.1) is 52.9 Å². The molecule has 3 aromatic carbocycles. The minimum atomic E-state index is -0.441. The number of unbranched alkanes of at least 4 members (excludes halogenated alkanes) is 6. The van der Waals surface area contributed by atoms with E-state index < -0.39 is 6.09 Å². The number of alkyl carbamates (subject to hydrolysis) is 1. The third-order valence-electron chi connectivity index (χ3n) is 8.46. The predicted octanol–water partition coefficient (Wildman–Crippen LogP) is 7.96. The Labute approximate surface area is 287 Å². The first kappa shape index (κ1) is 37.4. The molecule has 0 bridgehead atoms. The highest BCUT2D eigenvalue weighted by Crippen LogP contribution is 2.44. The van der Waals surface area contributed by atoms with Crippen molar-refractivity contribution in [2.45, 2.75) is 64.2 Å². The summed E-state index contributed by atoms with van der Waals surface area (Å²) in [5.41, 5.74) is 6.18. The standard InChI is InChI=1S/C40H55NO7/c1-2-3-4-5-6-7-8-13-33-18-20-34(21-19-33)47-31-30-46-29-28-45-27-26-44-25-24-43-23-22-41-40(42)48-32-39-37-16-11-9-14-35(37)36-15-10-12-17-38(36)39/h9-12,14-21,39H,2-8,13,22-32H2,1H3,(H,41,42). The Balaban J connectivity index is 0.887. The van der Waals surface area contributed by atoms with Crippen LogP contribution in [0, 0.1) is 0 Å². The number of ether oxygens (including phenoxy) is 6. The maximum atomic E-state index is 12.2. The van der Waals surface area contributed by atoms with Crippen molar-refractivity contribution in [1.82, 2.24) is 5.32 Å². The van der Waals surface area contributed by atoms with E-state index in [1.54, 1.807) is 0 Å². The van der Waals surface area contributed by atoms with E-state index in [9.17, 15) is 4.79 Å². The molecule has 1 aliphatic carbocycles. The molecule has 0 saturated carbocycles. The number of aryl methyl sites for hydroxylation is 1. The number of hydrogen-bond donors (Lipinski definition) is 1. The van der Waals surface area contributed by atoms with Crippen LogP contribution in [-0.4, -0.2) is 78.7 Å². The van der Waals surface area contributed by atoms with Crippen LogP contribution in [-0.2, 0) is 30.1 Å². The molecule has 0 atom stereocenters. The molecule has 3 aromatic rings. The van der Waals surface area contributed by atoms with Crippen LogP contribution in [0.15, 0.2) is 72.8 Å². The second-order valence-corrected chi connectivity index (χ2v) is 12.1. The lowest BCUT2D eigenvalue weighted by atomic mass is 9.98. The van der Waals surface area contributed by atoms with Crippen molar-refractivity contribution < 1.29 is 33.2 Å². The summed E-state index contributed by atoms with van der Waals surface area (Å²) in [6.07, 6.45) is 10.1. The van der Waals surface area contributed by atoms with E-state index in [0.29, 0.717) is 72.6 Å². The van der Waals surface area contributed by atoms with E-state index in [2.05, 4.69) is 60.8 Å². The lowest BCUT2D eigenvalue weighted by molar-refractivity contribution is -0.00427. The number of benzene rings is 3. The Morgan fingerprint density at radius 2 is 1.12 bits per heavy atom. The highest BCUT2D eigenvalue weighted by molar-refractivity contribution is 5.79. The summed E-state index contributed by atoms with van der Waals surface area (Å²) in [5, 5.41) is 2.75. The maximum Gasteiger partial charge on any atom is 0.407 e. The van der Waals surface area contributed by atoms with Crippen LogP contribution in [0.2, 0.25) is 0 Å². The van der Waals surface area contributed by atoms with Crippen LogP contribution in [0.5, 0.6) is 5.75 Å². The molecule has 0 saturated heterocycles. The average molecular weight is 662 g/mol. The van der Waals surface area contributed by atoms with Gasteiger partial charge in [-0.25, -0.2) is 4.79 Å². The van der Waals surface area contributed by atoms with Crippen molar-refractivity contribution in [1.29, 1.82) is 0 Å². The van der Waals surface area contributed by atoms with Gasteiger partial charge in [-0.2, -0.15) is 0 Å². The van der Waals surface area contributed by atoms with Crippen LogP contribution in [0.3, 0.4) is 0 Å². The number of carbonyl (C=O) groups excluding carboxylic acids is 1. The summed E-state index contributed by atoms with van der Waals surface area (Å²) in [7, 11) is 0. The fourth-order valence-electron chi connectivity index (χ4n) is 5.89. The first-order chi connectivity index (χ1) is 23.8. The van der Waals surface area contributed by atoms with Gasteiger partial charge in [-0.05, 0) is 52.8 Å². The second-order valence-electron chi connectivity index (χ2n) is 12.1. The largest absolute Gasteiger partial charge is 0.491 e. The zero-order valence-corrected chi connectivity index (χ0v) is 28.8. The van der Waals surface area contributed by atoms with Gasteiger partial charge in [0.15, 0.2) is 0 Å². The molecule has 1 amide bonds. The van der Waals surface area contributed by atoms with Crippen LogP contribution in [0.4, 0.5) is 4.79 Å². The monoisotopic (exact) mass is 661 g/mol. The highest BCUT2D eigenvalue weighted by atomic mass is 16.6. The number of carbonyl (C=O) groups is 1. The van der Waals surface area contributed by atoms with Gasteiger partial charge in [0.1, 0.15) is 19.0 Å². The maximum absolute atomic E-state index is 12.2. The molecule has 4 rings (SSSR count). The molecule has 0 fully saturated rings. The topological polar surface area (TPSA) is 84.5 Å². The van der Waals surface area contributed by atoms with E-state index in [-0.39, 0.29) is 5.92 Å². The minimum Gasteiger partial charge on any atom is -0.491 e. The Kier molecular flexibility index (Phi) is 17.9. The third-order valence-corrected chi connectivity index (χ3v) is 8.46. The molecule has 0 heterocycles. The highest BCUT2D eigenvalue weighted by Gasteiger charge is 2.28. The van der Waals surface area contributed by atoms with Crippen LogP contribution >= 0.6 is 0 Å². The normalized spacial score (nSPS) is 12.1. The quantitative estimate of drug-likeness (QED) is 0.0874. The molecule has 8 nitrogen and oxygen atoms in total. The number of nitrogens with one attached hydrogen (secondary N) is 1. The fraction of sp³-hybridized carbons (Fsp3) is 0.525. The van der Waals surface area contributed by atoms with Crippen LogP contribution in [0.1, 0.15) is 74.5 Å². The summed E-state index contributed by atoms with van der Waals surface area (Å²) in [6.45, 7) is 7.26. The third kappa shape index (κ3) is 13.6. The molecule has 0 aromatic heterocycles. The summed E-state index contributed by atoms with van der Waals surface area (Å²) < 4.78 is 33.6. The summed E-state index contributed by atoms with van der Waals surface area (Å²) in [5.74, 6) is 0.928. The van der Waals surface area contributed by atoms with Gasteiger partial charge in [-0.1, -0.05) is 106 Å². The van der Waals surface area contributed by atoms with Crippen LogP contribution in [0.25, 0.3) is 11.1 Å². The van der Waals surface area contributed by atoms with Crippen molar-refractivity contribution in [2.75, 3.05) is 72.6 Å². The Morgan fingerprint density at radius 3 is 1.73 bits per heavy atom. The molecule has 0 aliphatic heterocycles. The predicted molar refractivity (Wildman–Crippen MR) is 190 cm³/mol. The summed E-state index contributed by atoms with van der Waals surface area (Å²) >= 11 is 0. The van der Waals surface area contributed by atoms with E-state index in [4.69, 9.17) is 28.4 Å². The van der Waals surface area contributed by atoms with Crippen molar-refractivity contribution >= 4 is 6.09 Å².